The van der Waals surface area contributed by atoms with Gasteiger partial charge >= 0.3 is 0 Å². The molecule has 1 atom stereocenters. The minimum atomic E-state index is -1.27. The van der Waals surface area contributed by atoms with Gasteiger partial charge in [0.05, 0.1) is 18.3 Å². The number of nitrogens with one attached hydrogen (secondary N) is 1. The zero-order chi connectivity index (χ0) is 15.9. The highest BCUT2D eigenvalue weighted by molar-refractivity contribution is 6.32. The molecular weight excluding hydrogens is 304 g/mol. The molecule has 0 saturated carbocycles. The Balaban J connectivity index is 1.97. The van der Waals surface area contributed by atoms with Gasteiger partial charge in [-0.2, -0.15) is 5.10 Å². The molecule has 0 aliphatic rings. The molecule has 1 amide bonds. The van der Waals surface area contributed by atoms with E-state index < -0.39 is 12.0 Å². The quantitative estimate of drug-likeness (QED) is 0.657. The summed E-state index contributed by atoms with van der Waals surface area (Å²) in [4.78, 5) is 11.8. The minimum Gasteiger partial charge on any atom is -0.495 e. The first-order valence-electron chi connectivity index (χ1n) is 6.51. The van der Waals surface area contributed by atoms with Crippen LogP contribution in [0.25, 0.3) is 0 Å². The number of halogens is 1. The number of benzene rings is 2. The lowest BCUT2D eigenvalue weighted by Gasteiger charge is -2.08. The molecule has 0 heterocycles. The van der Waals surface area contributed by atoms with E-state index in [4.69, 9.17) is 16.3 Å². The van der Waals surface area contributed by atoms with Crippen LogP contribution in [0.3, 0.4) is 0 Å². The van der Waals surface area contributed by atoms with Crippen molar-refractivity contribution >= 4 is 23.7 Å². The van der Waals surface area contributed by atoms with E-state index >= 15 is 0 Å². The molecule has 5 nitrogen and oxygen atoms in total. The number of hydrazone groups is 1. The van der Waals surface area contributed by atoms with Gasteiger partial charge in [0.2, 0.25) is 0 Å². The second kappa shape index (κ2) is 7.59. The van der Waals surface area contributed by atoms with Gasteiger partial charge in [0.1, 0.15) is 5.75 Å². The number of aliphatic hydroxyl groups excluding tert-OH is 1. The zero-order valence-corrected chi connectivity index (χ0v) is 12.6. The summed E-state index contributed by atoms with van der Waals surface area (Å²) in [6, 6.07) is 13.7. The molecule has 22 heavy (non-hydrogen) atoms. The summed E-state index contributed by atoms with van der Waals surface area (Å²) >= 11 is 5.99. The van der Waals surface area contributed by atoms with Crippen molar-refractivity contribution in [2.75, 3.05) is 7.11 Å². The molecule has 2 N–H and O–H groups in total. The first-order chi connectivity index (χ1) is 10.6. The molecule has 2 aromatic carbocycles. The Kier molecular flexibility index (Phi) is 5.52. The van der Waals surface area contributed by atoms with E-state index in [-0.39, 0.29) is 0 Å². The molecule has 2 rings (SSSR count). The monoisotopic (exact) mass is 318 g/mol. The van der Waals surface area contributed by atoms with Crippen LogP contribution >= 0.6 is 11.6 Å². The van der Waals surface area contributed by atoms with Crippen LogP contribution in [0.4, 0.5) is 0 Å². The molecule has 2 aromatic rings. The predicted molar refractivity (Wildman–Crippen MR) is 85.1 cm³/mol. The van der Waals surface area contributed by atoms with Gasteiger partial charge in [0, 0.05) is 0 Å². The van der Waals surface area contributed by atoms with E-state index in [1.165, 1.54) is 13.3 Å². The summed E-state index contributed by atoms with van der Waals surface area (Å²) in [5.41, 5.74) is 3.48. The topological polar surface area (TPSA) is 70.9 Å². The Bertz CT molecular complexity index is 674. The number of hydrogen-bond donors (Lipinski definition) is 2. The van der Waals surface area contributed by atoms with Gasteiger partial charge in [0.25, 0.3) is 5.91 Å². The first-order valence-corrected chi connectivity index (χ1v) is 6.89. The Morgan fingerprint density at radius 3 is 2.68 bits per heavy atom. The molecule has 0 aliphatic carbocycles. The third-order valence-electron chi connectivity index (χ3n) is 2.93. The van der Waals surface area contributed by atoms with Gasteiger partial charge in [-0.05, 0) is 29.3 Å². The molecule has 0 aliphatic heterocycles. The maximum absolute atomic E-state index is 11.8. The predicted octanol–water partition coefficient (Wildman–Crippen LogP) is 2.53. The summed E-state index contributed by atoms with van der Waals surface area (Å²) < 4.78 is 5.04. The molecule has 0 aromatic heterocycles. The maximum Gasteiger partial charge on any atom is 0.273 e. The molecule has 0 radical (unpaired) electrons. The molecule has 0 bridgehead atoms. The van der Waals surface area contributed by atoms with Crippen molar-refractivity contribution in [3.8, 4) is 5.75 Å². The molecule has 0 spiro atoms. The molecule has 0 saturated heterocycles. The summed E-state index contributed by atoms with van der Waals surface area (Å²) in [6.45, 7) is 0. The van der Waals surface area contributed by atoms with E-state index in [9.17, 15) is 9.90 Å². The summed E-state index contributed by atoms with van der Waals surface area (Å²) in [5, 5.41) is 14.1. The summed E-state index contributed by atoms with van der Waals surface area (Å²) in [7, 11) is 1.53. The van der Waals surface area contributed by atoms with Gasteiger partial charge in [-0.1, -0.05) is 41.9 Å². The maximum atomic E-state index is 11.8. The molecule has 114 valence electrons. The molecule has 6 heteroatoms. The first kappa shape index (κ1) is 16.0. The summed E-state index contributed by atoms with van der Waals surface area (Å²) in [5.74, 6) is -0.0515. The van der Waals surface area contributed by atoms with Crippen molar-refractivity contribution in [2.45, 2.75) is 6.10 Å². The largest absolute Gasteiger partial charge is 0.495 e. The third-order valence-corrected chi connectivity index (χ3v) is 3.22. The van der Waals surface area contributed by atoms with Crippen LogP contribution < -0.4 is 10.2 Å². The lowest BCUT2D eigenvalue weighted by molar-refractivity contribution is -0.129. The SMILES string of the molecule is COc1ccc(C=NNC(=O)[C@@H](O)c2ccccc2)cc1Cl. The highest BCUT2D eigenvalue weighted by atomic mass is 35.5. The molecular formula is C16H15ClN2O3. The van der Waals surface area contributed by atoms with Gasteiger partial charge < -0.3 is 9.84 Å². The number of carbonyl (C=O) groups is 1. The van der Waals surface area contributed by atoms with Gasteiger partial charge in [-0.25, -0.2) is 5.43 Å². The normalized spacial score (nSPS) is 12.1. The highest BCUT2D eigenvalue weighted by Crippen LogP contribution is 2.24. The van der Waals surface area contributed by atoms with E-state index in [2.05, 4.69) is 10.5 Å². The Labute approximate surface area is 133 Å². The Hall–Kier alpha value is -2.37. The van der Waals surface area contributed by atoms with Crippen molar-refractivity contribution < 1.29 is 14.6 Å². The number of methoxy groups -OCH3 is 1. The Morgan fingerprint density at radius 1 is 1.32 bits per heavy atom. The van der Waals surface area contributed by atoms with Gasteiger partial charge in [-0.15, -0.1) is 0 Å². The number of ether oxygens (including phenoxy) is 1. The van der Waals surface area contributed by atoms with E-state index in [0.717, 1.165) is 0 Å². The average Bonchev–Trinajstić information content (AvgIpc) is 2.55. The van der Waals surface area contributed by atoms with Crippen molar-refractivity contribution in [1.82, 2.24) is 5.43 Å². The second-order valence-corrected chi connectivity index (χ2v) is 4.85. The summed E-state index contributed by atoms with van der Waals surface area (Å²) in [6.07, 6.45) is 0.166. The lowest BCUT2D eigenvalue weighted by atomic mass is 10.1. The van der Waals surface area contributed by atoms with Crippen LogP contribution in [-0.2, 0) is 4.79 Å². The standard InChI is InChI=1S/C16H15ClN2O3/c1-22-14-8-7-11(9-13(14)17)10-18-19-16(21)15(20)12-5-3-2-4-6-12/h2-10,15,20H,1H3,(H,19,21)/t15-/m0/s1. The second-order valence-electron chi connectivity index (χ2n) is 4.44. The van der Waals surface area contributed by atoms with Gasteiger partial charge in [0.15, 0.2) is 6.10 Å². The molecule has 0 fully saturated rings. The number of nitrogens with zero attached hydrogens (tertiary/aromatic N) is 1. The fraction of sp³-hybridized carbons (Fsp3) is 0.125. The number of hydrogen-bond acceptors (Lipinski definition) is 4. The van der Waals surface area contributed by atoms with Crippen molar-refractivity contribution in [1.29, 1.82) is 0 Å². The van der Waals surface area contributed by atoms with E-state index in [1.807, 2.05) is 0 Å². The minimum absolute atomic E-state index is 0.446. The molecule has 0 unspecified atom stereocenters. The van der Waals surface area contributed by atoms with Crippen molar-refractivity contribution in [3.63, 3.8) is 0 Å². The van der Waals surface area contributed by atoms with Gasteiger partial charge in [-0.3, -0.25) is 4.79 Å². The van der Waals surface area contributed by atoms with Crippen LogP contribution in [-0.4, -0.2) is 24.3 Å². The lowest BCUT2D eigenvalue weighted by Crippen LogP contribution is -2.25. The Morgan fingerprint density at radius 2 is 2.05 bits per heavy atom. The van der Waals surface area contributed by atoms with Crippen LogP contribution in [0.5, 0.6) is 5.75 Å². The smallest absolute Gasteiger partial charge is 0.273 e. The average molecular weight is 319 g/mol. The van der Waals surface area contributed by atoms with Crippen LogP contribution in [0.1, 0.15) is 17.2 Å². The van der Waals surface area contributed by atoms with Crippen LogP contribution in [0.15, 0.2) is 53.6 Å². The third kappa shape index (κ3) is 4.07. The highest BCUT2D eigenvalue weighted by Gasteiger charge is 2.15. The fourth-order valence-electron chi connectivity index (χ4n) is 1.78. The zero-order valence-electron chi connectivity index (χ0n) is 11.9. The van der Waals surface area contributed by atoms with Crippen molar-refractivity contribution in [3.05, 3.63) is 64.7 Å². The van der Waals surface area contributed by atoms with Crippen molar-refractivity contribution in [2.24, 2.45) is 5.10 Å². The number of amides is 1. The van der Waals surface area contributed by atoms with Crippen LogP contribution in [0.2, 0.25) is 5.02 Å². The van der Waals surface area contributed by atoms with E-state index in [1.54, 1.807) is 48.5 Å². The number of carbonyl (C=O) groups excluding carboxylic acids is 1. The fourth-order valence-corrected chi connectivity index (χ4v) is 2.05. The van der Waals surface area contributed by atoms with Crippen LogP contribution in [0, 0.1) is 0 Å². The van der Waals surface area contributed by atoms with E-state index in [0.29, 0.717) is 21.9 Å². The number of rotatable bonds is 5. The number of aliphatic hydroxyl groups is 1.